The zero-order valence-electron chi connectivity index (χ0n) is 10.9. The van der Waals surface area contributed by atoms with Crippen molar-refractivity contribution in [2.45, 2.75) is 12.7 Å². The van der Waals surface area contributed by atoms with Gasteiger partial charge in [0.15, 0.2) is 0 Å². The maximum Gasteiger partial charge on any atom is 0.416 e. The van der Waals surface area contributed by atoms with E-state index in [1.54, 1.807) is 12.1 Å². The van der Waals surface area contributed by atoms with Gasteiger partial charge in [-0.2, -0.15) is 13.2 Å². The number of rotatable bonds is 4. The van der Waals surface area contributed by atoms with Gasteiger partial charge in [0.1, 0.15) is 5.76 Å². The first-order valence-electron chi connectivity index (χ1n) is 6.11. The van der Waals surface area contributed by atoms with Crippen LogP contribution in [0.4, 0.5) is 13.2 Å². The Labute approximate surface area is 119 Å². The van der Waals surface area contributed by atoms with Gasteiger partial charge in [-0.15, -0.1) is 0 Å². The number of hydrogen-bond donors (Lipinski definition) is 1. The van der Waals surface area contributed by atoms with E-state index in [2.05, 4.69) is 5.32 Å². The van der Waals surface area contributed by atoms with Crippen molar-refractivity contribution < 1.29 is 22.4 Å². The van der Waals surface area contributed by atoms with Crippen LogP contribution in [-0.2, 0) is 17.5 Å². The molecule has 0 fully saturated rings. The van der Waals surface area contributed by atoms with Gasteiger partial charge in [-0.1, -0.05) is 12.1 Å². The van der Waals surface area contributed by atoms with Crippen LogP contribution in [0.1, 0.15) is 16.9 Å². The number of hydrogen-bond acceptors (Lipinski definition) is 2. The molecule has 3 nitrogen and oxygen atoms in total. The summed E-state index contributed by atoms with van der Waals surface area (Å²) in [7, 11) is 0. The van der Waals surface area contributed by atoms with Crippen LogP contribution in [0.2, 0.25) is 0 Å². The topological polar surface area (TPSA) is 42.2 Å². The number of alkyl halides is 3. The Morgan fingerprint density at radius 2 is 1.90 bits per heavy atom. The highest BCUT2D eigenvalue weighted by molar-refractivity contribution is 5.91. The molecule has 0 aliphatic carbocycles. The molecule has 0 bridgehead atoms. The van der Waals surface area contributed by atoms with Gasteiger partial charge < -0.3 is 9.73 Å². The zero-order valence-corrected chi connectivity index (χ0v) is 10.9. The third-order valence-corrected chi connectivity index (χ3v) is 2.68. The van der Waals surface area contributed by atoms with Crippen LogP contribution in [0.5, 0.6) is 0 Å². The Morgan fingerprint density at radius 1 is 1.19 bits per heavy atom. The molecule has 0 unspecified atom stereocenters. The Kier molecular flexibility index (Phi) is 4.47. The molecule has 0 spiro atoms. The lowest BCUT2D eigenvalue weighted by Gasteiger charge is -2.05. The average Bonchev–Trinajstić information content (AvgIpc) is 2.95. The van der Waals surface area contributed by atoms with Gasteiger partial charge >= 0.3 is 6.18 Å². The first kappa shape index (κ1) is 14.9. The fraction of sp³-hybridized carbons (Fsp3) is 0.133. The molecular formula is C15H12F3NO2. The summed E-state index contributed by atoms with van der Waals surface area (Å²) in [5, 5.41) is 2.59. The molecule has 1 heterocycles. The van der Waals surface area contributed by atoms with E-state index in [0.29, 0.717) is 11.3 Å². The molecule has 0 atom stereocenters. The summed E-state index contributed by atoms with van der Waals surface area (Å²) in [6.07, 6.45) is -0.161. The zero-order chi connectivity index (χ0) is 15.3. The molecule has 1 aromatic carbocycles. The standard InChI is InChI=1S/C15H12F3NO2/c16-15(17,18)12-6-3-11(4-7-12)5-8-14(20)19-10-13-2-1-9-21-13/h1-9H,10H2,(H,19,20)/b8-5+. The second-order valence-corrected chi connectivity index (χ2v) is 4.25. The lowest BCUT2D eigenvalue weighted by Crippen LogP contribution is -2.19. The van der Waals surface area contributed by atoms with Crippen molar-refractivity contribution in [1.82, 2.24) is 5.32 Å². The number of nitrogens with one attached hydrogen (secondary N) is 1. The molecule has 2 rings (SSSR count). The molecule has 21 heavy (non-hydrogen) atoms. The van der Waals surface area contributed by atoms with E-state index >= 15 is 0 Å². The molecule has 0 saturated carbocycles. The van der Waals surface area contributed by atoms with Gasteiger partial charge in [0.25, 0.3) is 0 Å². The van der Waals surface area contributed by atoms with E-state index in [4.69, 9.17) is 4.42 Å². The van der Waals surface area contributed by atoms with Crippen molar-refractivity contribution in [1.29, 1.82) is 0 Å². The predicted octanol–water partition coefficient (Wildman–Crippen LogP) is 3.63. The van der Waals surface area contributed by atoms with Gasteiger partial charge in [0.2, 0.25) is 5.91 Å². The third kappa shape index (κ3) is 4.52. The van der Waals surface area contributed by atoms with Crippen molar-refractivity contribution in [3.63, 3.8) is 0 Å². The van der Waals surface area contributed by atoms with Crippen molar-refractivity contribution in [3.05, 3.63) is 65.6 Å². The first-order valence-corrected chi connectivity index (χ1v) is 6.11. The number of halogens is 3. The molecule has 0 aliphatic rings. The molecular weight excluding hydrogens is 283 g/mol. The van der Waals surface area contributed by atoms with Crippen molar-refractivity contribution in [3.8, 4) is 0 Å². The highest BCUT2D eigenvalue weighted by atomic mass is 19.4. The Morgan fingerprint density at radius 3 is 2.48 bits per heavy atom. The molecule has 1 aromatic heterocycles. The fourth-order valence-corrected chi connectivity index (χ4v) is 1.60. The third-order valence-electron chi connectivity index (χ3n) is 2.68. The van der Waals surface area contributed by atoms with E-state index in [-0.39, 0.29) is 12.5 Å². The number of furan rings is 1. The summed E-state index contributed by atoms with van der Waals surface area (Å²) in [6.45, 7) is 0.253. The molecule has 1 N–H and O–H groups in total. The molecule has 6 heteroatoms. The SMILES string of the molecule is O=C(/C=C/c1ccc(C(F)(F)F)cc1)NCc1ccco1. The van der Waals surface area contributed by atoms with Crippen LogP contribution in [0.15, 0.2) is 53.2 Å². The molecule has 0 aliphatic heterocycles. The first-order chi connectivity index (χ1) is 9.95. The minimum absolute atomic E-state index is 0.253. The van der Waals surface area contributed by atoms with Crippen LogP contribution >= 0.6 is 0 Å². The van der Waals surface area contributed by atoms with E-state index in [0.717, 1.165) is 12.1 Å². The maximum absolute atomic E-state index is 12.4. The smallest absolute Gasteiger partial charge is 0.416 e. The summed E-state index contributed by atoms with van der Waals surface area (Å²) in [6, 6.07) is 7.98. The van der Waals surface area contributed by atoms with E-state index in [1.807, 2.05) is 0 Å². The largest absolute Gasteiger partial charge is 0.467 e. The highest BCUT2D eigenvalue weighted by Gasteiger charge is 2.29. The number of amides is 1. The number of carbonyl (C=O) groups excluding carboxylic acids is 1. The van der Waals surface area contributed by atoms with Gasteiger partial charge in [-0.3, -0.25) is 4.79 Å². The fourth-order valence-electron chi connectivity index (χ4n) is 1.60. The summed E-state index contributed by atoms with van der Waals surface area (Å²) >= 11 is 0. The van der Waals surface area contributed by atoms with Gasteiger partial charge in [0, 0.05) is 6.08 Å². The lowest BCUT2D eigenvalue weighted by atomic mass is 10.1. The minimum atomic E-state index is -4.36. The second-order valence-electron chi connectivity index (χ2n) is 4.25. The van der Waals surface area contributed by atoms with Gasteiger partial charge in [-0.25, -0.2) is 0 Å². The van der Waals surface area contributed by atoms with Crippen LogP contribution in [0.25, 0.3) is 6.08 Å². The molecule has 1 amide bonds. The normalized spacial score (nSPS) is 11.8. The van der Waals surface area contributed by atoms with Crippen LogP contribution in [0.3, 0.4) is 0 Å². The number of carbonyl (C=O) groups is 1. The van der Waals surface area contributed by atoms with Gasteiger partial charge in [0.05, 0.1) is 18.4 Å². The maximum atomic E-state index is 12.4. The van der Waals surface area contributed by atoms with Crippen LogP contribution in [-0.4, -0.2) is 5.91 Å². The highest BCUT2D eigenvalue weighted by Crippen LogP contribution is 2.29. The summed E-state index contributed by atoms with van der Waals surface area (Å²) < 4.78 is 42.2. The quantitative estimate of drug-likeness (QED) is 0.875. The summed E-state index contributed by atoms with van der Waals surface area (Å²) in [5.74, 6) is 0.262. The van der Waals surface area contributed by atoms with E-state index < -0.39 is 11.7 Å². The van der Waals surface area contributed by atoms with Crippen LogP contribution < -0.4 is 5.32 Å². The minimum Gasteiger partial charge on any atom is -0.467 e. The van der Waals surface area contributed by atoms with Crippen LogP contribution in [0, 0.1) is 0 Å². The molecule has 2 aromatic rings. The van der Waals surface area contributed by atoms with Crippen molar-refractivity contribution >= 4 is 12.0 Å². The Bertz CT molecular complexity index is 613. The molecule has 110 valence electrons. The summed E-state index contributed by atoms with van der Waals surface area (Å²) in [4.78, 5) is 11.5. The lowest BCUT2D eigenvalue weighted by molar-refractivity contribution is -0.137. The Balaban J connectivity index is 1.90. The Hall–Kier alpha value is -2.50. The van der Waals surface area contributed by atoms with Gasteiger partial charge in [-0.05, 0) is 35.9 Å². The van der Waals surface area contributed by atoms with Crippen molar-refractivity contribution in [2.75, 3.05) is 0 Å². The van der Waals surface area contributed by atoms with E-state index in [1.165, 1.54) is 30.5 Å². The molecule has 0 radical (unpaired) electrons. The molecule has 0 saturated heterocycles. The average molecular weight is 295 g/mol. The van der Waals surface area contributed by atoms with E-state index in [9.17, 15) is 18.0 Å². The monoisotopic (exact) mass is 295 g/mol. The van der Waals surface area contributed by atoms with Crippen molar-refractivity contribution in [2.24, 2.45) is 0 Å². The second kappa shape index (κ2) is 6.30. The number of benzene rings is 1. The predicted molar refractivity (Wildman–Crippen MR) is 71.0 cm³/mol. The summed E-state index contributed by atoms with van der Waals surface area (Å²) in [5.41, 5.74) is -0.210.